The number of aromatic nitrogens is 1. The van der Waals surface area contributed by atoms with Crippen molar-refractivity contribution in [3.05, 3.63) is 59.0 Å². The highest BCUT2D eigenvalue weighted by atomic mass is 32.2. The van der Waals surface area contributed by atoms with Crippen LogP contribution in [0.15, 0.2) is 53.5 Å². The Morgan fingerprint density at radius 1 is 1.14 bits per heavy atom. The van der Waals surface area contributed by atoms with Crippen LogP contribution in [0.25, 0.3) is 21.9 Å². The molecular formula is C20H22N2O5S. The summed E-state index contributed by atoms with van der Waals surface area (Å²) >= 11 is -1.92. The molecule has 3 aromatic rings. The zero-order chi connectivity index (χ0) is 19.0. The van der Waals surface area contributed by atoms with Crippen LogP contribution in [0.3, 0.4) is 0 Å². The normalized spacial score (nSPS) is 14.4. The summed E-state index contributed by atoms with van der Waals surface area (Å²) in [5.41, 5.74) is 1.54. The van der Waals surface area contributed by atoms with Crippen LogP contribution in [0.4, 0.5) is 0 Å². The molecule has 2 aromatic carbocycles. The molecular weight excluding hydrogens is 380 g/mol. The van der Waals surface area contributed by atoms with Crippen molar-refractivity contribution in [2.45, 2.75) is 12.8 Å². The maximum Gasteiger partial charge on any atom is 0.285 e. The van der Waals surface area contributed by atoms with Gasteiger partial charge in [0.1, 0.15) is 11.5 Å². The van der Waals surface area contributed by atoms with E-state index >= 15 is 0 Å². The van der Waals surface area contributed by atoms with Crippen molar-refractivity contribution in [2.75, 3.05) is 6.61 Å². The molecule has 0 bridgehead atoms. The van der Waals surface area contributed by atoms with E-state index in [-0.39, 0.29) is 11.0 Å². The summed E-state index contributed by atoms with van der Waals surface area (Å²) < 4.78 is 24.0. The molecule has 1 heterocycles. The zero-order valence-electron chi connectivity index (χ0n) is 15.4. The minimum Gasteiger partial charge on any atom is -0.493 e. The second kappa shape index (κ2) is 8.14. The van der Waals surface area contributed by atoms with E-state index < -0.39 is 11.3 Å². The van der Waals surface area contributed by atoms with E-state index in [1.165, 1.54) is 12.8 Å². The highest BCUT2D eigenvalue weighted by molar-refractivity contribution is 7.78. The van der Waals surface area contributed by atoms with Gasteiger partial charge in [-0.15, -0.1) is 0 Å². The molecule has 0 spiro atoms. The molecule has 1 atom stereocenters. The molecule has 7 nitrogen and oxygen atoms in total. The van der Waals surface area contributed by atoms with Gasteiger partial charge >= 0.3 is 0 Å². The minimum absolute atomic E-state index is 0. The monoisotopic (exact) mass is 402 g/mol. The van der Waals surface area contributed by atoms with E-state index in [0.29, 0.717) is 29.4 Å². The number of ether oxygens (including phenoxy) is 1. The summed E-state index contributed by atoms with van der Waals surface area (Å²) in [5, 5.41) is 6.71. The highest BCUT2D eigenvalue weighted by Crippen LogP contribution is 2.38. The van der Waals surface area contributed by atoms with Crippen LogP contribution in [0.2, 0.25) is 0 Å². The Morgan fingerprint density at radius 2 is 1.86 bits per heavy atom. The molecule has 28 heavy (non-hydrogen) atoms. The summed E-state index contributed by atoms with van der Waals surface area (Å²) in [4.78, 5) is 12.5. The number of rotatable bonds is 6. The van der Waals surface area contributed by atoms with Crippen molar-refractivity contribution < 1.29 is 18.6 Å². The number of pyridine rings is 1. The van der Waals surface area contributed by atoms with E-state index in [4.69, 9.17) is 14.1 Å². The van der Waals surface area contributed by atoms with Gasteiger partial charge in [0.2, 0.25) is 0 Å². The molecule has 0 saturated heterocycles. The zero-order valence-corrected chi connectivity index (χ0v) is 16.2. The van der Waals surface area contributed by atoms with Gasteiger partial charge in [-0.3, -0.25) is 4.79 Å². The van der Waals surface area contributed by atoms with Gasteiger partial charge < -0.3 is 19.0 Å². The summed E-state index contributed by atoms with van der Waals surface area (Å²) in [7, 11) is 1.72. The first-order valence-corrected chi connectivity index (χ1v) is 9.87. The van der Waals surface area contributed by atoms with Crippen LogP contribution in [0, 0.1) is 5.92 Å². The van der Waals surface area contributed by atoms with Gasteiger partial charge in [0, 0.05) is 29.8 Å². The molecule has 0 amide bonds. The minimum atomic E-state index is -1.92. The van der Waals surface area contributed by atoms with Crippen LogP contribution in [0.5, 0.6) is 11.5 Å². The number of nitrogens with zero attached hydrogens (tertiary/aromatic N) is 1. The Balaban J connectivity index is 0.00000225. The molecule has 4 rings (SSSR count). The van der Waals surface area contributed by atoms with Crippen molar-refractivity contribution in [3.8, 4) is 22.6 Å². The standard InChI is InChI=1S/C20H20N2O4S.H2O/c1-22-11-18(15-4-2-3-5-16(15)20(22)23)17-10-14(26-27(21)24)8-9-19(17)25-12-13-6-7-13;/h2-5,8-11,13H,6-7,12,21H2,1H3;1H2. The van der Waals surface area contributed by atoms with Crippen molar-refractivity contribution in [2.24, 2.45) is 18.1 Å². The van der Waals surface area contributed by atoms with Crippen molar-refractivity contribution in [1.29, 1.82) is 0 Å². The Kier molecular flexibility index (Phi) is 5.83. The van der Waals surface area contributed by atoms with Crippen LogP contribution in [-0.4, -0.2) is 20.9 Å². The Hall–Kier alpha value is -2.68. The Morgan fingerprint density at radius 3 is 2.54 bits per heavy atom. The molecule has 148 valence electrons. The molecule has 1 aliphatic rings. The smallest absolute Gasteiger partial charge is 0.285 e. The number of hydrogen-bond donors (Lipinski definition) is 1. The quantitative estimate of drug-likeness (QED) is 0.680. The first-order valence-electron chi connectivity index (χ1n) is 8.73. The lowest BCUT2D eigenvalue weighted by molar-refractivity contribution is 0.301. The first-order chi connectivity index (χ1) is 13.0. The average Bonchev–Trinajstić information content (AvgIpc) is 3.47. The van der Waals surface area contributed by atoms with Crippen molar-refractivity contribution in [1.82, 2.24) is 4.57 Å². The van der Waals surface area contributed by atoms with Gasteiger partial charge in [-0.05, 0) is 48.4 Å². The Bertz CT molecular complexity index is 1090. The van der Waals surface area contributed by atoms with E-state index in [0.717, 1.165) is 16.5 Å². The van der Waals surface area contributed by atoms with E-state index in [2.05, 4.69) is 0 Å². The molecule has 1 fully saturated rings. The molecule has 4 N–H and O–H groups in total. The van der Waals surface area contributed by atoms with Crippen molar-refractivity contribution in [3.63, 3.8) is 0 Å². The lowest BCUT2D eigenvalue weighted by Crippen LogP contribution is -2.16. The highest BCUT2D eigenvalue weighted by Gasteiger charge is 2.23. The third kappa shape index (κ3) is 4.09. The lowest BCUT2D eigenvalue weighted by atomic mass is 9.99. The number of benzene rings is 2. The molecule has 0 radical (unpaired) electrons. The summed E-state index contributed by atoms with van der Waals surface area (Å²) in [6, 6.07) is 12.7. The third-order valence-electron chi connectivity index (χ3n) is 4.68. The van der Waals surface area contributed by atoms with Crippen LogP contribution >= 0.6 is 0 Å². The van der Waals surface area contributed by atoms with Gasteiger partial charge in [0.25, 0.3) is 16.8 Å². The first kappa shape index (κ1) is 20.1. The van der Waals surface area contributed by atoms with Gasteiger partial charge in [0.05, 0.1) is 6.61 Å². The number of aryl methyl sites for hydroxylation is 1. The maximum absolute atomic E-state index is 12.5. The fraction of sp³-hybridized carbons (Fsp3) is 0.250. The number of hydrogen-bond acceptors (Lipinski definition) is 4. The summed E-state index contributed by atoms with van der Waals surface area (Å²) in [5.74, 6) is 1.67. The average molecular weight is 402 g/mol. The molecule has 8 heteroatoms. The van der Waals surface area contributed by atoms with E-state index in [1.54, 1.807) is 42.1 Å². The molecule has 1 aromatic heterocycles. The largest absolute Gasteiger partial charge is 0.493 e. The molecule has 0 aliphatic heterocycles. The molecule has 1 unspecified atom stereocenters. The van der Waals surface area contributed by atoms with Gasteiger partial charge in [-0.2, -0.15) is 4.21 Å². The summed E-state index contributed by atoms with van der Waals surface area (Å²) in [6.07, 6.45) is 4.16. The van der Waals surface area contributed by atoms with Gasteiger partial charge in [0.15, 0.2) is 0 Å². The lowest BCUT2D eigenvalue weighted by Gasteiger charge is -2.15. The topological polar surface area (TPSA) is 115 Å². The Labute approximate surface area is 164 Å². The fourth-order valence-electron chi connectivity index (χ4n) is 3.12. The number of fused-ring (bicyclic) bond motifs is 1. The van der Waals surface area contributed by atoms with E-state index in [9.17, 15) is 9.00 Å². The second-order valence-corrected chi connectivity index (χ2v) is 7.45. The predicted molar refractivity (Wildman–Crippen MR) is 109 cm³/mol. The van der Waals surface area contributed by atoms with Crippen LogP contribution < -0.4 is 19.6 Å². The SMILES string of the molecule is Cn1cc(-c2cc(OS(N)=O)ccc2OCC2CC2)c2ccccc2c1=O.O. The van der Waals surface area contributed by atoms with Gasteiger partial charge in [-0.1, -0.05) is 18.2 Å². The molecule has 1 aliphatic carbocycles. The fourth-order valence-corrected chi connectivity index (χ4v) is 3.41. The van der Waals surface area contributed by atoms with E-state index in [1.807, 2.05) is 18.2 Å². The maximum atomic E-state index is 12.5. The third-order valence-corrected chi connectivity index (χ3v) is 5.04. The predicted octanol–water partition coefficient (Wildman–Crippen LogP) is 2.09. The summed E-state index contributed by atoms with van der Waals surface area (Å²) in [6.45, 7) is 0.652. The van der Waals surface area contributed by atoms with Gasteiger partial charge in [-0.25, -0.2) is 5.14 Å². The second-order valence-electron chi connectivity index (χ2n) is 6.76. The number of nitrogens with two attached hydrogens (primary N) is 1. The van der Waals surface area contributed by atoms with Crippen LogP contribution in [0.1, 0.15) is 12.8 Å². The van der Waals surface area contributed by atoms with Crippen molar-refractivity contribution >= 4 is 22.0 Å². The van der Waals surface area contributed by atoms with Crippen LogP contribution in [-0.2, 0) is 18.3 Å². The molecule has 1 saturated carbocycles.